The zero-order valence-electron chi connectivity index (χ0n) is 14.2. The first-order chi connectivity index (χ1) is 11.5. The van der Waals surface area contributed by atoms with E-state index in [0.717, 1.165) is 41.1 Å². The van der Waals surface area contributed by atoms with E-state index in [-0.39, 0.29) is 24.0 Å². The average molecular weight is 344 g/mol. The lowest BCUT2D eigenvalue weighted by Gasteiger charge is -2.30. The molecule has 128 valence electrons. The maximum absolute atomic E-state index is 12.3. The fourth-order valence-corrected chi connectivity index (χ4v) is 4.01. The van der Waals surface area contributed by atoms with E-state index in [0.29, 0.717) is 6.42 Å². The van der Waals surface area contributed by atoms with Gasteiger partial charge in [0.1, 0.15) is 0 Å². The highest BCUT2D eigenvalue weighted by atomic mass is 32.1. The number of amides is 1. The third kappa shape index (κ3) is 3.68. The number of hydrogen-bond acceptors (Lipinski definition) is 4. The highest BCUT2D eigenvalue weighted by Gasteiger charge is 2.38. The van der Waals surface area contributed by atoms with E-state index in [2.05, 4.69) is 17.2 Å². The topological polar surface area (TPSA) is 62.2 Å². The Morgan fingerprint density at radius 2 is 2.17 bits per heavy atom. The number of carbonyl (C=O) groups is 1. The van der Waals surface area contributed by atoms with Gasteiger partial charge in [0.15, 0.2) is 0 Å². The van der Waals surface area contributed by atoms with Gasteiger partial charge >= 0.3 is 0 Å². The molecule has 1 saturated carbocycles. The van der Waals surface area contributed by atoms with Crippen molar-refractivity contribution < 1.29 is 9.90 Å². The minimum absolute atomic E-state index is 0.0267. The van der Waals surface area contributed by atoms with Gasteiger partial charge in [-0.25, -0.2) is 4.98 Å². The maximum atomic E-state index is 12.3. The predicted molar refractivity (Wildman–Crippen MR) is 97.0 cm³/mol. The van der Waals surface area contributed by atoms with Gasteiger partial charge < -0.3 is 10.4 Å². The van der Waals surface area contributed by atoms with Crippen molar-refractivity contribution in [2.45, 2.75) is 45.6 Å². The predicted octanol–water partition coefficient (Wildman–Crippen LogP) is 3.33. The van der Waals surface area contributed by atoms with Gasteiger partial charge in [0, 0.05) is 22.4 Å². The molecule has 0 bridgehead atoms. The Hall–Kier alpha value is -1.72. The molecule has 1 aliphatic rings. The highest BCUT2D eigenvalue weighted by molar-refractivity contribution is 7.09. The standard InChI is InChI=1S/C19H24N2O2S/c1-13-20-16(11-24-13)15-7-5-14(6-8-15)10-18(23)21-17-4-3-9-19(17,2)12-22/h5-8,11,17,22H,3-4,9-10,12H2,1-2H3,(H,21,23). The molecule has 1 aromatic carbocycles. The second kappa shape index (κ2) is 7.03. The van der Waals surface area contributed by atoms with E-state index < -0.39 is 0 Å². The van der Waals surface area contributed by atoms with Gasteiger partial charge in [-0.1, -0.05) is 37.6 Å². The number of hydrogen-bond donors (Lipinski definition) is 2. The lowest BCUT2D eigenvalue weighted by atomic mass is 9.85. The number of aliphatic hydroxyl groups excluding tert-OH is 1. The van der Waals surface area contributed by atoms with Crippen LogP contribution in [-0.4, -0.2) is 28.6 Å². The molecule has 2 atom stereocenters. The van der Waals surface area contributed by atoms with Gasteiger partial charge in [0.2, 0.25) is 5.91 Å². The molecule has 2 N–H and O–H groups in total. The lowest BCUT2D eigenvalue weighted by Crippen LogP contribution is -2.45. The number of benzene rings is 1. The van der Waals surface area contributed by atoms with Gasteiger partial charge in [-0.15, -0.1) is 11.3 Å². The van der Waals surface area contributed by atoms with Gasteiger partial charge in [-0.2, -0.15) is 0 Å². The number of aliphatic hydroxyl groups is 1. The molecule has 3 rings (SSSR count). The van der Waals surface area contributed by atoms with Gasteiger partial charge in [-0.3, -0.25) is 4.79 Å². The van der Waals surface area contributed by atoms with E-state index in [1.807, 2.05) is 36.6 Å². The molecule has 1 heterocycles. The quantitative estimate of drug-likeness (QED) is 0.874. The van der Waals surface area contributed by atoms with Crippen molar-refractivity contribution in [1.29, 1.82) is 0 Å². The molecule has 5 heteroatoms. The van der Waals surface area contributed by atoms with E-state index >= 15 is 0 Å². The summed E-state index contributed by atoms with van der Waals surface area (Å²) in [5.41, 5.74) is 2.87. The molecular formula is C19H24N2O2S. The summed E-state index contributed by atoms with van der Waals surface area (Å²) in [6, 6.07) is 8.09. The van der Waals surface area contributed by atoms with Crippen LogP contribution in [0.15, 0.2) is 29.6 Å². The van der Waals surface area contributed by atoms with E-state index in [1.165, 1.54) is 0 Å². The Morgan fingerprint density at radius 1 is 1.42 bits per heavy atom. The fraction of sp³-hybridized carbons (Fsp3) is 0.474. The van der Waals surface area contributed by atoms with Crippen molar-refractivity contribution >= 4 is 17.2 Å². The third-order valence-corrected chi connectivity index (χ3v) is 5.79. The molecule has 0 radical (unpaired) electrons. The van der Waals surface area contributed by atoms with Crippen molar-refractivity contribution in [2.75, 3.05) is 6.61 Å². The van der Waals surface area contributed by atoms with Crippen LogP contribution in [0.1, 0.15) is 36.8 Å². The minimum atomic E-state index is -0.179. The Kier molecular flexibility index (Phi) is 5.01. The molecule has 1 aliphatic carbocycles. The Bertz CT molecular complexity index is 710. The normalized spacial score (nSPS) is 23.4. The molecule has 0 aliphatic heterocycles. The molecule has 4 nitrogen and oxygen atoms in total. The third-order valence-electron chi connectivity index (χ3n) is 5.01. The van der Waals surface area contributed by atoms with Crippen LogP contribution >= 0.6 is 11.3 Å². The number of aromatic nitrogens is 1. The number of nitrogens with zero attached hydrogens (tertiary/aromatic N) is 1. The Balaban J connectivity index is 1.60. The van der Waals surface area contributed by atoms with Crippen LogP contribution in [0.25, 0.3) is 11.3 Å². The number of rotatable bonds is 5. The first-order valence-electron chi connectivity index (χ1n) is 8.42. The number of aryl methyl sites for hydroxylation is 1. The molecular weight excluding hydrogens is 320 g/mol. The first-order valence-corrected chi connectivity index (χ1v) is 9.30. The highest BCUT2D eigenvalue weighted by Crippen LogP contribution is 2.37. The molecule has 24 heavy (non-hydrogen) atoms. The molecule has 2 aromatic rings. The van der Waals surface area contributed by atoms with Crippen LogP contribution in [0.2, 0.25) is 0 Å². The number of thiazole rings is 1. The minimum Gasteiger partial charge on any atom is -0.396 e. The van der Waals surface area contributed by atoms with Crippen molar-refractivity contribution in [3.05, 3.63) is 40.2 Å². The van der Waals surface area contributed by atoms with E-state index in [9.17, 15) is 9.90 Å². The van der Waals surface area contributed by atoms with E-state index in [1.54, 1.807) is 11.3 Å². The van der Waals surface area contributed by atoms with Gasteiger partial charge in [0.25, 0.3) is 0 Å². The zero-order chi connectivity index (χ0) is 17.2. The molecule has 0 spiro atoms. The Labute approximate surface area is 146 Å². The van der Waals surface area contributed by atoms with Crippen molar-refractivity contribution in [2.24, 2.45) is 5.41 Å². The average Bonchev–Trinajstić information content (AvgIpc) is 3.15. The summed E-state index contributed by atoms with van der Waals surface area (Å²) in [7, 11) is 0. The molecule has 2 unspecified atom stereocenters. The second-order valence-corrected chi connectivity index (χ2v) is 8.01. The van der Waals surface area contributed by atoms with E-state index in [4.69, 9.17) is 0 Å². The summed E-state index contributed by atoms with van der Waals surface area (Å²) in [5.74, 6) is 0.0267. The van der Waals surface area contributed by atoms with Crippen molar-refractivity contribution in [1.82, 2.24) is 10.3 Å². The summed E-state index contributed by atoms with van der Waals surface area (Å²) < 4.78 is 0. The lowest BCUT2D eigenvalue weighted by molar-refractivity contribution is -0.122. The van der Waals surface area contributed by atoms with Crippen LogP contribution in [-0.2, 0) is 11.2 Å². The van der Waals surface area contributed by atoms with Gasteiger partial charge in [0.05, 0.1) is 23.7 Å². The Morgan fingerprint density at radius 3 is 2.79 bits per heavy atom. The maximum Gasteiger partial charge on any atom is 0.224 e. The van der Waals surface area contributed by atoms with Crippen LogP contribution < -0.4 is 5.32 Å². The summed E-state index contributed by atoms with van der Waals surface area (Å²) in [5, 5.41) is 15.8. The van der Waals surface area contributed by atoms with Crippen molar-refractivity contribution in [3.63, 3.8) is 0 Å². The summed E-state index contributed by atoms with van der Waals surface area (Å²) in [6.07, 6.45) is 3.35. The SMILES string of the molecule is Cc1nc(-c2ccc(CC(=O)NC3CCCC3(C)CO)cc2)cs1. The van der Waals surface area contributed by atoms with Crippen molar-refractivity contribution in [3.8, 4) is 11.3 Å². The molecule has 1 aromatic heterocycles. The second-order valence-electron chi connectivity index (χ2n) is 6.95. The molecule has 1 fully saturated rings. The zero-order valence-corrected chi connectivity index (χ0v) is 15.0. The van der Waals surface area contributed by atoms with Crippen LogP contribution in [0.3, 0.4) is 0 Å². The summed E-state index contributed by atoms with van der Waals surface area (Å²) >= 11 is 1.64. The van der Waals surface area contributed by atoms with Gasteiger partial charge in [-0.05, 0) is 25.3 Å². The van der Waals surface area contributed by atoms with Crippen LogP contribution in [0.4, 0.5) is 0 Å². The summed E-state index contributed by atoms with van der Waals surface area (Å²) in [6.45, 7) is 4.17. The monoisotopic (exact) mass is 344 g/mol. The largest absolute Gasteiger partial charge is 0.396 e. The summed E-state index contributed by atoms with van der Waals surface area (Å²) in [4.78, 5) is 16.8. The van der Waals surface area contributed by atoms with Crippen LogP contribution in [0.5, 0.6) is 0 Å². The smallest absolute Gasteiger partial charge is 0.224 e. The molecule has 1 amide bonds. The molecule has 0 saturated heterocycles. The van der Waals surface area contributed by atoms with Crippen LogP contribution in [0, 0.1) is 12.3 Å². The fourth-order valence-electron chi connectivity index (χ4n) is 3.39. The first kappa shape index (κ1) is 17.1. The number of carbonyl (C=O) groups excluding carboxylic acids is 1. The number of nitrogens with one attached hydrogen (secondary N) is 1.